The molecule has 132 heavy (non-hydrogen) atoms. The van der Waals surface area contributed by atoms with Crippen LogP contribution in [0.4, 0.5) is 22.7 Å². The Kier molecular flexibility index (Phi) is 74.8. The Labute approximate surface area is 882 Å². The smallest absolute Gasteiger partial charge is 1.00 e. The Balaban J connectivity index is -0.000000748. The van der Waals surface area contributed by atoms with E-state index in [0.717, 1.165) is 81.7 Å². The van der Waals surface area contributed by atoms with Gasteiger partial charge in [0.15, 0.2) is 0 Å². The predicted octanol–water partition coefficient (Wildman–Crippen LogP) is 27.8. The number of halogens is 5. The molecule has 4 aromatic heterocycles. The van der Waals surface area contributed by atoms with E-state index in [0.29, 0.717) is 41.4 Å². The number of aromatic nitrogens is 4. The Bertz CT molecular complexity index is 4360. The van der Waals surface area contributed by atoms with E-state index < -0.39 is 39.0 Å². The van der Waals surface area contributed by atoms with Crippen molar-refractivity contribution in [2.75, 3.05) is 0 Å². The zero-order valence-corrected chi connectivity index (χ0v) is 95.6. The van der Waals surface area contributed by atoms with Crippen molar-refractivity contribution in [1.29, 1.82) is 0 Å². The van der Waals surface area contributed by atoms with Crippen LogP contribution in [0.2, 0.25) is 0 Å². The second-order valence-electron chi connectivity index (χ2n) is 37.3. The molecule has 5 aliphatic carbocycles. The minimum Gasteiger partial charge on any atom is 1.00 e. The molecule has 0 radical (unpaired) electrons. The van der Waals surface area contributed by atoms with Crippen LogP contribution in [0.25, 0.3) is 0 Å². The number of rotatable bonds is 22. The van der Waals surface area contributed by atoms with Gasteiger partial charge in [0.05, 0.1) is 45.6 Å². The van der Waals surface area contributed by atoms with E-state index in [1.165, 1.54) is 183 Å². The molecule has 4 heterocycles. The molecule has 0 spiro atoms. The topological polar surface area (TPSA) is 103 Å². The van der Waals surface area contributed by atoms with Crippen molar-refractivity contribution in [1.82, 2.24) is 19.9 Å². The van der Waals surface area contributed by atoms with Crippen LogP contribution in [0.1, 0.15) is 404 Å². The Morgan fingerprint density at radius 1 is 0.394 bits per heavy atom. The number of allylic oxidation sites excluding steroid dienone is 6. The molecule has 8 nitrogen and oxygen atoms in total. The number of para-hydroxylation sites is 4. The largest absolute Gasteiger partial charge is 1.00 e. The van der Waals surface area contributed by atoms with Crippen molar-refractivity contribution in [3.63, 3.8) is 0 Å². The Morgan fingerprint density at radius 3 is 0.932 bits per heavy atom. The molecule has 0 amide bonds. The summed E-state index contributed by atoms with van der Waals surface area (Å²) in [4.78, 5) is 37.4. The van der Waals surface area contributed by atoms with E-state index in [4.69, 9.17) is 62.5 Å². The zero-order valence-electron chi connectivity index (χ0n) is 86.9. The van der Waals surface area contributed by atoms with Crippen LogP contribution >= 0.6 is 42.6 Å². The second-order valence-corrected chi connectivity index (χ2v) is 52.2. The first-order valence-electron chi connectivity index (χ1n) is 46.3. The van der Waals surface area contributed by atoms with Gasteiger partial charge in [-0.15, -0.1) is 6.07 Å². The first kappa shape index (κ1) is 135. The monoisotopic (exact) mass is 2030 g/mol. The minimum absolute atomic E-state index is 0. The van der Waals surface area contributed by atoms with Gasteiger partial charge in [-0.3, -0.25) is 29.9 Å². The van der Waals surface area contributed by atoms with E-state index in [2.05, 4.69) is 300 Å². The van der Waals surface area contributed by atoms with Gasteiger partial charge in [0.2, 0.25) is 11.4 Å². The quantitative estimate of drug-likeness (QED) is 0.0415. The summed E-state index contributed by atoms with van der Waals surface area (Å²) in [5.74, 6) is 4.77. The van der Waals surface area contributed by atoms with Crippen molar-refractivity contribution in [2.45, 2.75) is 337 Å². The first-order valence-corrected chi connectivity index (χ1v) is 62.1. The summed E-state index contributed by atoms with van der Waals surface area (Å²) in [5, 5.41) is 0. The van der Waals surface area contributed by atoms with E-state index in [1.54, 1.807) is 0 Å². The average molecular weight is 2030 g/mol. The normalized spacial score (nSPS) is 13.9. The third kappa shape index (κ3) is 47.9. The molecule has 1 N–H and O–H groups in total. The first-order chi connectivity index (χ1) is 59.2. The molecular formula is C114H168Cl5Li3N8Zr2+. The Morgan fingerprint density at radius 2 is 0.659 bits per heavy atom. The summed E-state index contributed by atoms with van der Waals surface area (Å²) in [6.45, 7) is 51.5. The molecule has 0 bridgehead atoms. The average Bonchev–Trinajstić information content (AvgIpc) is 1.30. The van der Waals surface area contributed by atoms with Crippen LogP contribution in [0.3, 0.4) is 0 Å². The molecule has 8 aromatic rings. The molecule has 0 aliphatic heterocycles. The number of hydrogen-bond donors (Lipinski definition) is 1. The maximum atomic E-state index is 5.38. The third-order valence-corrected chi connectivity index (χ3v) is 24.1. The summed E-state index contributed by atoms with van der Waals surface area (Å²) >= 11 is -2.95. The number of nitrogens with one attached hydrogen (secondary N) is 1. The zero-order chi connectivity index (χ0) is 91.3. The molecule has 13 rings (SSSR count). The van der Waals surface area contributed by atoms with Gasteiger partial charge >= 0.3 is 138 Å². The van der Waals surface area contributed by atoms with Gasteiger partial charge in [-0.2, -0.15) is 18.1 Å². The van der Waals surface area contributed by atoms with Gasteiger partial charge in [0, 0.05) is 42.8 Å². The maximum absolute atomic E-state index is 5.38. The maximum Gasteiger partial charge on any atom is 1.00 e. The summed E-state index contributed by atoms with van der Waals surface area (Å²) in [6.07, 6.45) is 45.8. The summed E-state index contributed by atoms with van der Waals surface area (Å²) in [7, 11) is 24.9. The molecule has 18 heteroatoms. The number of aliphatic imine (C=N–C) groups is 3. The van der Waals surface area contributed by atoms with Crippen LogP contribution in [0.15, 0.2) is 221 Å². The number of nitrogens with zero attached hydrogens (tertiary/aromatic N) is 7. The van der Waals surface area contributed by atoms with E-state index >= 15 is 0 Å². The molecule has 0 unspecified atom stereocenters. The van der Waals surface area contributed by atoms with Gasteiger partial charge in [0.1, 0.15) is 5.69 Å². The standard InChI is InChI=1S/C27H38N2.C26H35N2.2C19H24N2.C8H10.2C5H10.CH4.4CH3.5ClH.3Li.2Zr/c1-19(2)22-14-11-15-23(20(3)4)26(22)29-25(24-16-9-10-17-28-24)18-27(5,6)21-12-7-8-13-21;1-6-20-12-11-15-22(19(2)3)25(20)28-24(23-16-9-10-17-27-23)18-26(4,5)21-13-7-8-14-21;2*1-13(2)16-9-8-10-17(14(3)4)19(16)21-15(5)18-11-6-7-12-20-18;1-7(2)8-5-3-4-6-8;2*1-2-4-5-3-1;;;;;;;;;;;;;;;/h9-11,14-17,19-21H,7-8,12-13,18H2,1-6H3;6,9-12,15-17,19,21H,7-8,13-14,18H2,1-5H3;2*6-14H,1-5H3;3-6H,1-2H3;2*1-5H2;1H4;4*1H3;5*1H;;;;;/q;-1;;;;;;;4*-1;;;;;;3*+1;+3;+4/p-4. The van der Waals surface area contributed by atoms with E-state index in [1.807, 2.05) is 80.2 Å². The third-order valence-electron chi connectivity index (χ3n) is 24.1. The SMILES string of the molecule is C.C1CCCC1.C1CCCC1.CC(=Nc1c(C(C)C)cccc1C(C)C)c1ccccn1.CC(=[NH+]c1c(C(C)C)cccc1C(C)C)c1ccccn1.CC(C)=C1C=CC=C1.CC(C)c1cccc(C(C)C)c1N=C(CC(C)(C)C1CCCC1)c1ccccn1.C[CH-]c1cccc(C(C)C)c1N=C(CC(C)(C)C1CCCC1)c1ccccn1.[CH3-].[CH3-].[CH3-].[CH3-].[Cl][Zr+2][Cl].[Cl][Zr]([Cl])[Cl].[Li+].[Li+].[Li+]. The second kappa shape index (κ2) is 73.4. The molecule has 4 saturated carbocycles. The molecular weight excluding hydrogens is 1860 g/mol. The fourth-order valence-corrected chi connectivity index (χ4v) is 16.8. The van der Waals surface area contributed by atoms with Gasteiger partial charge in [-0.25, -0.2) is 4.99 Å². The van der Waals surface area contributed by atoms with Gasteiger partial charge in [-0.1, -0.05) is 349 Å². The van der Waals surface area contributed by atoms with Crippen LogP contribution in [-0.2, 0) is 39.0 Å². The summed E-state index contributed by atoms with van der Waals surface area (Å²) < 4.78 is 0. The molecule has 4 fully saturated rings. The Hall–Kier alpha value is -3.74. The van der Waals surface area contributed by atoms with Crippen LogP contribution in [-0.4, -0.2) is 42.8 Å². The molecule has 0 saturated heterocycles. The van der Waals surface area contributed by atoms with Gasteiger partial charge in [0.25, 0.3) is 0 Å². The molecule has 0 atom stereocenters. The molecule has 4 aromatic carbocycles. The van der Waals surface area contributed by atoms with Crippen molar-refractivity contribution in [3.8, 4) is 0 Å². The van der Waals surface area contributed by atoms with E-state index in [-0.39, 0.29) is 105 Å². The fraction of sp³-hybridized carbons (Fsp3) is 0.482. The fourth-order valence-electron chi connectivity index (χ4n) is 16.8. The summed E-state index contributed by atoms with van der Waals surface area (Å²) in [5.41, 5.74) is 26.6. The van der Waals surface area contributed by atoms with Crippen molar-refractivity contribution in [2.24, 2.45) is 37.6 Å². The van der Waals surface area contributed by atoms with Crippen molar-refractivity contribution < 1.29 is 101 Å². The molecule has 709 valence electrons. The van der Waals surface area contributed by atoms with Crippen molar-refractivity contribution in [3.05, 3.63) is 309 Å². The predicted molar refractivity (Wildman–Crippen MR) is 570 cm³/mol. The molecule has 5 aliphatic rings. The summed E-state index contributed by atoms with van der Waals surface area (Å²) in [6, 6.07) is 50.6. The van der Waals surface area contributed by atoms with Crippen molar-refractivity contribution >= 4 is 88.2 Å². The van der Waals surface area contributed by atoms with Crippen LogP contribution < -0.4 is 61.6 Å². The van der Waals surface area contributed by atoms with Crippen LogP contribution in [0, 0.1) is 58.8 Å². The van der Waals surface area contributed by atoms with Gasteiger partial charge in [-0.05, 0) is 205 Å². The van der Waals surface area contributed by atoms with Crippen LogP contribution in [0.5, 0.6) is 0 Å². The number of hydrogen-bond acceptors (Lipinski definition) is 7. The number of benzene rings is 4. The van der Waals surface area contributed by atoms with E-state index in [9.17, 15) is 0 Å². The minimum atomic E-state index is -2.13. The number of pyridine rings is 4. The van der Waals surface area contributed by atoms with Gasteiger partial charge < -0.3 is 34.7 Å².